The van der Waals surface area contributed by atoms with Crippen LogP contribution in [0.4, 0.5) is 0 Å². The Morgan fingerprint density at radius 2 is 1.44 bits per heavy atom. The Morgan fingerprint density at radius 3 is 1.98 bits per heavy atom. The summed E-state index contributed by atoms with van der Waals surface area (Å²) in [5.41, 5.74) is -6.20. The highest BCUT2D eigenvalue weighted by Gasteiger charge is 2.77. The van der Waals surface area contributed by atoms with Gasteiger partial charge < -0.3 is 39.6 Å². The lowest BCUT2D eigenvalue weighted by molar-refractivity contribution is -0.325. The first-order valence-corrected chi connectivity index (χ1v) is 21.4. The number of amides is 1. The number of fused-ring (bicyclic) bond motifs is 5. The fourth-order valence-corrected chi connectivity index (χ4v) is 11.9. The van der Waals surface area contributed by atoms with Crippen molar-refractivity contribution in [3.8, 4) is 0 Å². The molecule has 3 aromatic rings. The molecule has 0 spiro atoms. The van der Waals surface area contributed by atoms with Gasteiger partial charge >= 0.3 is 17.9 Å². The van der Waals surface area contributed by atoms with Gasteiger partial charge in [0, 0.05) is 49.1 Å². The number of ketones is 1. The van der Waals surface area contributed by atoms with E-state index in [1.807, 2.05) is 0 Å². The van der Waals surface area contributed by atoms with E-state index < -0.39 is 111 Å². The summed E-state index contributed by atoms with van der Waals surface area (Å²) < 4.78 is 24.1. The van der Waals surface area contributed by atoms with E-state index in [0.29, 0.717) is 17.3 Å². The number of rotatable bonds is 10. The fourth-order valence-electron chi connectivity index (χ4n) is 10.2. The second-order valence-corrected chi connectivity index (χ2v) is 18.5. The molecule has 2 bridgehead atoms. The zero-order valence-electron chi connectivity index (χ0n) is 35.2. The van der Waals surface area contributed by atoms with Gasteiger partial charge in [-0.15, -0.1) is 0 Å². The molecule has 62 heavy (non-hydrogen) atoms. The first-order valence-electron chi connectivity index (χ1n) is 20.5. The van der Waals surface area contributed by atoms with E-state index in [0.717, 1.165) is 6.92 Å². The molecule has 1 heterocycles. The quantitative estimate of drug-likeness (QED) is 0.126. The van der Waals surface area contributed by atoms with Crippen LogP contribution in [0.15, 0.2) is 102 Å². The molecule has 3 aromatic carbocycles. The maximum atomic E-state index is 15.5. The van der Waals surface area contributed by atoms with Crippen LogP contribution in [0, 0.1) is 16.7 Å². The van der Waals surface area contributed by atoms with Gasteiger partial charge in [-0.25, -0.2) is 4.79 Å². The molecule has 1 amide bonds. The molecule has 1 aliphatic heterocycles. The van der Waals surface area contributed by atoms with Gasteiger partial charge in [0.05, 0.1) is 35.0 Å². The Bertz CT molecular complexity index is 2290. The monoisotopic (exact) mass is 869 g/mol. The molecule has 3 fully saturated rings. The van der Waals surface area contributed by atoms with E-state index >= 15 is 4.79 Å². The Hall–Kier alpha value is -5.19. The van der Waals surface area contributed by atoms with Crippen molar-refractivity contribution < 1.29 is 63.0 Å². The summed E-state index contributed by atoms with van der Waals surface area (Å²) in [5.74, 6) is -5.54. The average Bonchev–Trinajstić information content (AvgIpc) is 3.24. The lowest BCUT2D eigenvalue weighted by Gasteiger charge is -2.68. The topological polar surface area (TPSA) is 212 Å². The predicted octanol–water partition coefficient (Wildman–Crippen LogP) is 4.45. The molecular formula is C47H51NO13S. The number of aliphatic hydroxyl groups is 3. The number of carbonyl (C=O) groups is 6. The summed E-state index contributed by atoms with van der Waals surface area (Å²) in [5, 5.41) is 38.5. The number of esters is 3. The first kappa shape index (κ1) is 44.9. The number of nitrogens with one attached hydrogen (secondary N) is 1. The molecule has 0 aromatic heterocycles. The van der Waals surface area contributed by atoms with Crippen molar-refractivity contribution in [3.63, 3.8) is 0 Å². The molecule has 11 atom stereocenters. The number of hydrogen-bond donors (Lipinski definition) is 4. The van der Waals surface area contributed by atoms with Crippen LogP contribution in [0.2, 0.25) is 0 Å². The molecule has 328 valence electrons. The Balaban J connectivity index is 1.39. The van der Waals surface area contributed by atoms with Gasteiger partial charge in [-0.3, -0.25) is 24.0 Å². The smallest absolute Gasteiger partial charge is 0.338 e. The number of ether oxygens (including phenoxy) is 4. The number of hydrogen-bond acceptors (Lipinski definition) is 14. The lowest BCUT2D eigenvalue weighted by Crippen LogP contribution is -2.81. The van der Waals surface area contributed by atoms with Gasteiger partial charge in [0.2, 0.25) is 5.12 Å². The summed E-state index contributed by atoms with van der Waals surface area (Å²) in [6, 6.07) is 23.5. The van der Waals surface area contributed by atoms with Gasteiger partial charge in [0.15, 0.2) is 23.6 Å². The van der Waals surface area contributed by atoms with Gasteiger partial charge in [0.1, 0.15) is 12.2 Å². The van der Waals surface area contributed by atoms with Crippen LogP contribution in [0.25, 0.3) is 0 Å². The zero-order valence-corrected chi connectivity index (χ0v) is 36.0. The maximum Gasteiger partial charge on any atom is 0.338 e. The van der Waals surface area contributed by atoms with Crippen molar-refractivity contribution in [2.45, 2.75) is 107 Å². The van der Waals surface area contributed by atoms with Crippen molar-refractivity contribution in [2.75, 3.05) is 6.61 Å². The molecule has 1 saturated heterocycles. The minimum Gasteiger partial charge on any atom is -0.456 e. The summed E-state index contributed by atoms with van der Waals surface area (Å²) in [6.07, 6.45) is -8.26. The second kappa shape index (κ2) is 16.8. The third kappa shape index (κ3) is 7.46. The standard InChI is InChI=1S/C47H51NO13S/c1-25-31(60-42(55)36(52)35(28-16-10-7-11-17-28)48-41(54)29-18-12-8-13-19-29)23-47(57)40(62-43(56)30-20-14-9-15-21-30)38-45(6,32(51)22-33-46(38,24-58-33)61-27(3)50)39(53)37(59-26(2)49)34(25)44(47,4)5/h7-21,31-33,35-38,40,51-52,57H,22-24H2,1-6H3,(H,48,54)/t31-,32-,33+,35-,36+,37+,38-,40-,45+,46-,47+/m0/s1. The lowest BCUT2D eigenvalue weighted by atomic mass is 9.45. The molecule has 3 aliphatic carbocycles. The summed E-state index contributed by atoms with van der Waals surface area (Å²) in [7, 11) is 0. The van der Waals surface area contributed by atoms with Gasteiger partial charge in [-0.1, -0.05) is 104 Å². The predicted molar refractivity (Wildman–Crippen MR) is 224 cm³/mol. The van der Waals surface area contributed by atoms with E-state index in [9.17, 15) is 39.3 Å². The molecule has 7 rings (SSSR count). The van der Waals surface area contributed by atoms with Gasteiger partial charge in [-0.2, -0.15) is 0 Å². The van der Waals surface area contributed by atoms with E-state index in [1.54, 1.807) is 112 Å². The molecular weight excluding hydrogens is 819 g/mol. The van der Waals surface area contributed by atoms with E-state index in [2.05, 4.69) is 5.32 Å². The van der Waals surface area contributed by atoms with E-state index in [4.69, 9.17) is 18.9 Å². The second-order valence-electron chi connectivity index (χ2n) is 17.4. The van der Waals surface area contributed by atoms with E-state index in [-0.39, 0.29) is 35.3 Å². The summed E-state index contributed by atoms with van der Waals surface area (Å²) in [6.45, 7) is 8.33. The number of benzene rings is 3. The number of carbonyl (C=O) groups excluding carboxylic acids is 6. The molecule has 4 aliphatic rings. The zero-order chi connectivity index (χ0) is 44.9. The molecule has 0 radical (unpaired) electrons. The van der Waals surface area contributed by atoms with Crippen LogP contribution in [-0.4, -0.2) is 104 Å². The van der Waals surface area contributed by atoms with Crippen molar-refractivity contribution in [2.24, 2.45) is 16.7 Å². The Kier molecular flexibility index (Phi) is 12.2. The van der Waals surface area contributed by atoms with Crippen molar-refractivity contribution in [1.29, 1.82) is 0 Å². The van der Waals surface area contributed by atoms with E-state index in [1.165, 1.54) is 13.8 Å². The highest BCUT2D eigenvalue weighted by Crippen LogP contribution is 2.66. The minimum atomic E-state index is -2.21. The molecule has 4 N–H and O–H groups in total. The number of Topliss-reactive ketones (excluding diaryl/α,β-unsaturated/α-hetero) is 1. The molecule has 2 saturated carbocycles. The fraction of sp³-hybridized carbons (Fsp3) is 0.447. The highest BCUT2D eigenvalue weighted by molar-refractivity contribution is 8.14. The third-order valence-electron chi connectivity index (χ3n) is 13.5. The van der Waals surface area contributed by atoms with Crippen LogP contribution in [0.1, 0.15) is 86.7 Å². The van der Waals surface area contributed by atoms with Crippen LogP contribution in [0.5, 0.6) is 0 Å². The molecule has 15 heteroatoms. The maximum absolute atomic E-state index is 15.5. The first-order chi connectivity index (χ1) is 29.3. The third-order valence-corrected chi connectivity index (χ3v) is 14.8. The Morgan fingerprint density at radius 1 is 0.855 bits per heavy atom. The van der Waals surface area contributed by atoms with Gasteiger partial charge in [0.25, 0.3) is 5.91 Å². The molecule has 0 unspecified atom stereocenters. The normalized spacial score (nSPS) is 31.9. The van der Waals surface area contributed by atoms with Gasteiger partial charge in [-0.05, 0) is 42.7 Å². The van der Waals surface area contributed by atoms with Crippen LogP contribution in [0.3, 0.4) is 0 Å². The summed E-state index contributed by atoms with van der Waals surface area (Å²) >= 11 is 0.703. The summed E-state index contributed by atoms with van der Waals surface area (Å²) in [4.78, 5) is 83.8. The van der Waals surface area contributed by atoms with Crippen molar-refractivity contribution >= 4 is 46.5 Å². The molecule has 14 nitrogen and oxygen atoms in total. The minimum absolute atomic E-state index is 0.0638. The highest BCUT2D eigenvalue weighted by atomic mass is 32.2. The number of aliphatic hydroxyl groups excluding tert-OH is 2. The number of thioether (sulfide) groups is 1. The largest absolute Gasteiger partial charge is 0.456 e. The Labute approximate surface area is 363 Å². The van der Waals surface area contributed by atoms with Crippen molar-refractivity contribution in [3.05, 3.63) is 119 Å². The SMILES string of the molecule is CC(=O)O[C@H]1C(=O)[C@@]2(C)[C@H]([C@H](SC(=O)c3ccccc3)[C@]3(O)C[C@H](OC(=O)[C@H](O)[C@@H](NC(=O)c4ccccc4)c4ccccc4)C(C)=C1C3(C)C)[C@]1(OC(C)=O)CO[C@@H]1C[C@@H]2O. The van der Waals surface area contributed by atoms with Crippen LogP contribution in [-0.2, 0) is 38.1 Å². The average molecular weight is 870 g/mol. The van der Waals surface area contributed by atoms with Crippen molar-refractivity contribution in [1.82, 2.24) is 5.32 Å². The van der Waals surface area contributed by atoms with Crippen LogP contribution >= 0.6 is 11.8 Å². The van der Waals surface area contributed by atoms with Crippen LogP contribution < -0.4 is 5.32 Å².